The van der Waals surface area contributed by atoms with Crippen molar-refractivity contribution < 1.29 is 4.39 Å². The molecule has 0 spiro atoms. The number of hydrogen-bond donors (Lipinski definition) is 0. The zero-order chi connectivity index (χ0) is 16.2. The maximum Gasteiger partial charge on any atom is 0.134 e. The Morgan fingerprint density at radius 1 is 1.22 bits per heavy atom. The molecule has 3 rings (SSSR count). The van der Waals surface area contributed by atoms with E-state index in [4.69, 9.17) is 0 Å². The van der Waals surface area contributed by atoms with Gasteiger partial charge in [0.2, 0.25) is 0 Å². The van der Waals surface area contributed by atoms with E-state index >= 15 is 0 Å². The van der Waals surface area contributed by atoms with Crippen molar-refractivity contribution in [2.75, 3.05) is 0 Å². The van der Waals surface area contributed by atoms with Gasteiger partial charge in [-0.2, -0.15) is 5.26 Å². The molecule has 1 aromatic heterocycles. The highest BCUT2D eigenvalue weighted by Crippen LogP contribution is 2.28. The first-order valence-electron chi connectivity index (χ1n) is 6.75. The number of rotatable bonds is 3. The van der Waals surface area contributed by atoms with Crippen LogP contribution < -0.4 is 0 Å². The molecule has 0 fully saturated rings. The van der Waals surface area contributed by atoms with Crippen molar-refractivity contribution in [2.45, 2.75) is 0 Å². The normalized spacial score (nSPS) is 11.3. The molecule has 23 heavy (non-hydrogen) atoms. The van der Waals surface area contributed by atoms with Gasteiger partial charge in [-0.3, -0.25) is 0 Å². The third kappa shape index (κ3) is 3.55. The fraction of sp³-hybridized carbons (Fsp3) is 0. The van der Waals surface area contributed by atoms with Gasteiger partial charge >= 0.3 is 0 Å². The standard InChI is InChI=1S/C18H10BrFN2S/c19-15-6-3-5-13(9-15)17-11-23-18(22-17)14(10-21)8-12-4-1-2-7-16(12)20/h1-9,11H/b14-8-. The van der Waals surface area contributed by atoms with Crippen LogP contribution in [-0.4, -0.2) is 4.98 Å². The summed E-state index contributed by atoms with van der Waals surface area (Å²) in [5, 5.41) is 11.8. The Hall–Kier alpha value is -2.29. The second-order valence-corrected chi connectivity index (χ2v) is 6.51. The maximum atomic E-state index is 13.7. The lowest BCUT2D eigenvalue weighted by Gasteiger charge is -1.98. The highest BCUT2D eigenvalue weighted by Gasteiger charge is 2.10. The molecule has 0 unspecified atom stereocenters. The molecule has 0 aliphatic carbocycles. The van der Waals surface area contributed by atoms with Crippen LogP contribution in [0.4, 0.5) is 4.39 Å². The van der Waals surface area contributed by atoms with E-state index in [9.17, 15) is 9.65 Å². The zero-order valence-corrected chi connectivity index (χ0v) is 14.2. The Labute approximate surface area is 145 Å². The Bertz CT molecular complexity index is 925. The summed E-state index contributed by atoms with van der Waals surface area (Å²) < 4.78 is 14.7. The number of allylic oxidation sites excluding steroid dienone is 1. The van der Waals surface area contributed by atoms with Crippen LogP contribution >= 0.6 is 27.3 Å². The molecule has 5 heteroatoms. The van der Waals surface area contributed by atoms with E-state index in [1.165, 1.54) is 23.5 Å². The third-order valence-corrected chi connectivity index (χ3v) is 4.55. The first kappa shape index (κ1) is 15.6. The Morgan fingerprint density at radius 3 is 2.78 bits per heavy atom. The lowest BCUT2D eigenvalue weighted by molar-refractivity contribution is 0.625. The monoisotopic (exact) mass is 384 g/mol. The molecule has 0 saturated heterocycles. The molecule has 3 aromatic rings. The molecule has 2 aromatic carbocycles. The second kappa shape index (κ2) is 6.86. The smallest absolute Gasteiger partial charge is 0.134 e. The van der Waals surface area contributed by atoms with Crippen LogP contribution in [0.25, 0.3) is 22.9 Å². The van der Waals surface area contributed by atoms with Crippen LogP contribution in [0, 0.1) is 17.1 Å². The Morgan fingerprint density at radius 2 is 2.04 bits per heavy atom. The van der Waals surface area contributed by atoms with Gasteiger partial charge in [-0.15, -0.1) is 11.3 Å². The number of aromatic nitrogens is 1. The van der Waals surface area contributed by atoms with Crippen molar-refractivity contribution in [2.24, 2.45) is 0 Å². The predicted octanol–water partition coefficient (Wildman–Crippen LogP) is 5.78. The largest absolute Gasteiger partial charge is 0.235 e. The molecule has 0 aliphatic rings. The summed E-state index contributed by atoms with van der Waals surface area (Å²) >= 11 is 4.80. The number of halogens is 2. The quantitative estimate of drug-likeness (QED) is 0.536. The molecule has 0 N–H and O–H groups in total. The molecule has 0 bridgehead atoms. The average Bonchev–Trinajstić information content (AvgIpc) is 3.04. The van der Waals surface area contributed by atoms with E-state index in [0.29, 0.717) is 16.1 Å². The van der Waals surface area contributed by atoms with E-state index in [-0.39, 0.29) is 5.82 Å². The molecule has 0 saturated carbocycles. The lowest BCUT2D eigenvalue weighted by Crippen LogP contribution is -1.85. The van der Waals surface area contributed by atoms with E-state index in [0.717, 1.165) is 15.7 Å². The molecule has 0 amide bonds. The summed E-state index contributed by atoms with van der Waals surface area (Å²) in [6, 6.07) is 16.2. The molecule has 1 heterocycles. The van der Waals surface area contributed by atoms with Gasteiger partial charge in [-0.25, -0.2) is 9.37 Å². The second-order valence-electron chi connectivity index (χ2n) is 4.74. The van der Waals surface area contributed by atoms with Crippen molar-refractivity contribution in [3.63, 3.8) is 0 Å². The molecule has 2 nitrogen and oxygen atoms in total. The van der Waals surface area contributed by atoms with Gasteiger partial charge in [0, 0.05) is 21.0 Å². The van der Waals surface area contributed by atoms with Crippen molar-refractivity contribution >= 4 is 38.9 Å². The summed E-state index contributed by atoms with van der Waals surface area (Å²) in [4.78, 5) is 4.50. The zero-order valence-electron chi connectivity index (χ0n) is 11.8. The van der Waals surface area contributed by atoms with Crippen LogP contribution in [0.3, 0.4) is 0 Å². The Kier molecular flexibility index (Phi) is 4.65. The van der Waals surface area contributed by atoms with Gasteiger partial charge in [0.05, 0.1) is 11.3 Å². The minimum atomic E-state index is -0.357. The minimum absolute atomic E-state index is 0.348. The number of benzene rings is 2. The van der Waals surface area contributed by atoms with Crippen molar-refractivity contribution in [3.05, 3.63) is 74.8 Å². The SMILES string of the molecule is N#C/C(=C/c1ccccc1F)c1nc(-c2cccc(Br)c2)cs1. The number of nitriles is 1. The fourth-order valence-electron chi connectivity index (χ4n) is 2.07. The van der Waals surface area contributed by atoms with Gasteiger partial charge in [0.15, 0.2) is 0 Å². The van der Waals surface area contributed by atoms with Crippen LogP contribution in [0.2, 0.25) is 0 Å². The Balaban J connectivity index is 1.98. The van der Waals surface area contributed by atoms with Gasteiger partial charge in [0.25, 0.3) is 0 Å². The minimum Gasteiger partial charge on any atom is -0.235 e. The fourth-order valence-corrected chi connectivity index (χ4v) is 3.26. The molecular weight excluding hydrogens is 375 g/mol. The van der Waals surface area contributed by atoms with Crippen molar-refractivity contribution in [1.29, 1.82) is 5.26 Å². The van der Waals surface area contributed by atoms with Gasteiger partial charge in [0.1, 0.15) is 16.9 Å². The van der Waals surface area contributed by atoms with Gasteiger partial charge in [-0.1, -0.05) is 46.3 Å². The van der Waals surface area contributed by atoms with Crippen LogP contribution in [0.1, 0.15) is 10.6 Å². The van der Waals surface area contributed by atoms with E-state index in [2.05, 4.69) is 27.0 Å². The molecule has 0 atom stereocenters. The van der Waals surface area contributed by atoms with Crippen molar-refractivity contribution in [1.82, 2.24) is 4.98 Å². The highest BCUT2D eigenvalue weighted by atomic mass is 79.9. The summed E-state index contributed by atoms with van der Waals surface area (Å²) in [5.41, 5.74) is 2.48. The summed E-state index contributed by atoms with van der Waals surface area (Å²) in [6.07, 6.45) is 1.53. The topological polar surface area (TPSA) is 36.7 Å². The van der Waals surface area contributed by atoms with Crippen LogP contribution in [0.15, 0.2) is 58.4 Å². The maximum absolute atomic E-state index is 13.7. The first-order valence-corrected chi connectivity index (χ1v) is 8.43. The van der Waals surface area contributed by atoms with Gasteiger partial charge < -0.3 is 0 Å². The van der Waals surface area contributed by atoms with E-state index in [1.807, 2.05) is 29.6 Å². The van der Waals surface area contributed by atoms with Gasteiger partial charge in [-0.05, 0) is 24.3 Å². The number of hydrogen-bond acceptors (Lipinski definition) is 3. The number of thiazole rings is 1. The molecular formula is C18H10BrFN2S. The van der Waals surface area contributed by atoms with E-state index < -0.39 is 0 Å². The van der Waals surface area contributed by atoms with Crippen LogP contribution in [0.5, 0.6) is 0 Å². The lowest BCUT2D eigenvalue weighted by atomic mass is 10.1. The summed E-state index contributed by atoms with van der Waals surface area (Å²) in [6.45, 7) is 0. The number of nitrogens with zero attached hydrogens (tertiary/aromatic N) is 2. The summed E-state index contributed by atoms with van der Waals surface area (Å²) in [7, 11) is 0. The predicted molar refractivity (Wildman–Crippen MR) is 95.1 cm³/mol. The summed E-state index contributed by atoms with van der Waals surface area (Å²) in [5.74, 6) is -0.357. The van der Waals surface area contributed by atoms with Crippen LogP contribution in [-0.2, 0) is 0 Å². The molecule has 0 aliphatic heterocycles. The third-order valence-electron chi connectivity index (χ3n) is 3.18. The van der Waals surface area contributed by atoms with E-state index in [1.54, 1.807) is 18.2 Å². The first-order chi connectivity index (χ1) is 11.2. The van der Waals surface area contributed by atoms with Crippen molar-refractivity contribution in [3.8, 4) is 17.3 Å². The molecule has 0 radical (unpaired) electrons. The molecule has 112 valence electrons. The average molecular weight is 385 g/mol. The highest BCUT2D eigenvalue weighted by molar-refractivity contribution is 9.10.